The summed E-state index contributed by atoms with van der Waals surface area (Å²) in [5.41, 5.74) is 1.47. The Morgan fingerprint density at radius 1 is 1.59 bits per heavy atom. The highest BCUT2D eigenvalue weighted by molar-refractivity contribution is 7.09. The third-order valence-electron chi connectivity index (χ3n) is 4.01. The van der Waals surface area contributed by atoms with Crippen LogP contribution in [0.15, 0.2) is 11.7 Å². The Kier molecular flexibility index (Phi) is 4.17. The van der Waals surface area contributed by atoms with Crippen LogP contribution >= 0.6 is 11.3 Å². The van der Waals surface area contributed by atoms with E-state index in [4.69, 9.17) is 4.74 Å². The van der Waals surface area contributed by atoms with Crippen LogP contribution in [-0.2, 0) is 11.2 Å². The molecule has 1 aromatic heterocycles. The van der Waals surface area contributed by atoms with Gasteiger partial charge in [-0.3, -0.25) is 4.98 Å². The lowest BCUT2D eigenvalue weighted by Gasteiger charge is -2.41. The second kappa shape index (κ2) is 5.46. The number of thiazole rings is 1. The summed E-state index contributed by atoms with van der Waals surface area (Å²) in [6.07, 6.45) is 6.30. The first-order valence-corrected chi connectivity index (χ1v) is 7.15. The lowest BCUT2D eigenvalue weighted by atomic mass is 9.75. The molecule has 17 heavy (non-hydrogen) atoms. The summed E-state index contributed by atoms with van der Waals surface area (Å²) >= 11 is 1.60. The van der Waals surface area contributed by atoms with Crippen molar-refractivity contribution >= 4 is 11.3 Å². The van der Waals surface area contributed by atoms with Crippen LogP contribution in [0.1, 0.15) is 37.5 Å². The molecule has 3 nitrogen and oxygen atoms in total. The van der Waals surface area contributed by atoms with Gasteiger partial charge in [0.15, 0.2) is 0 Å². The third kappa shape index (κ3) is 2.87. The van der Waals surface area contributed by atoms with Gasteiger partial charge in [0.05, 0.1) is 17.2 Å². The van der Waals surface area contributed by atoms with Crippen molar-refractivity contribution in [3.8, 4) is 0 Å². The number of hydrogen-bond acceptors (Lipinski definition) is 4. The van der Waals surface area contributed by atoms with E-state index in [0.29, 0.717) is 6.42 Å². The molecule has 1 heterocycles. The van der Waals surface area contributed by atoms with Gasteiger partial charge in [-0.05, 0) is 31.6 Å². The summed E-state index contributed by atoms with van der Waals surface area (Å²) in [7, 11) is 1.73. The Morgan fingerprint density at radius 3 is 2.82 bits per heavy atom. The molecular weight excluding hydrogens is 234 g/mol. The molecule has 0 spiro atoms. The SMILES string of the molecule is COC1(C(O)Cc2cncs2)CCC(C)CC1. The fourth-order valence-corrected chi connectivity index (χ4v) is 3.28. The fourth-order valence-electron chi connectivity index (χ4n) is 2.64. The number of rotatable bonds is 4. The Balaban J connectivity index is 2.02. The molecule has 1 aliphatic carbocycles. The molecular formula is C13H21NO2S. The van der Waals surface area contributed by atoms with Crippen LogP contribution in [0.4, 0.5) is 0 Å². The number of aromatic nitrogens is 1. The van der Waals surface area contributed by atoms with E-state index in [1.54, 1.807) is 18.4 Å². The first-order valence-electron chi connectivity index (χ1n) is 6.27. The van der Waals surface area contributed by atoms with E-state index in [2.05, 4.69) is 11.9 Å². The zero-order valence-corrected chi connectivity index (χ0v) is 11.4. The van der Waals surface area contributed by atoms with Gasteiger partial charge in [0.2, 0.25) is 0 Å². The van der Waals surface area contributed by atoms with E-state index < -0.39 is 6.10 Å². The predicted octanol–water partition coefficient (Wildman–Crippen LogP) is 2.64. The van der Waals surface area contributed by atoms with Crippen LogP contribution in [0.5, 0.6) is 0 Å². The molecule has 1 fully saturated rings. The van der Waals surface area contributed by atoms with E-state index >= 15 is 0 Å². The van der Waals surface area contributed by atoms with Gasteiger partial charge < -0.3 is 9.84 Å². The molecule has 1 saturated carbocycles. The van der Waals surface area contributed by atoms with E-state index in [0.717, 1.165) is 36.5 Å². The second-order valence-electron chi connectivity index (χ2n) is 5.14. The van der Waals surface area contributed by atoms with E-state index in [1.165, 1.54) is 0 Å². The lowest BCUT2D eigenvalue weighted by Crippen LogP contribution is -2.47. The molecule has 1 aliphatic rings. The highest BCUT2D eigenvalue weighted by Gasteiger charge is 2.40. The van der Waals surface area contributed by atoms with Crippen molar-refractivity contribution in [1.82, 2.24) is 4.98 Å². The van der Waals surface area contributed by atoms with Gasteiger partial charge in [-0.15, -0.1) is 11.3 Å². The van der Waals surface area contributed by atoms with Crippen molar-refractivity contribution in [3.63, 3.8) is 0 Å². The molecule has 4 heteroatoms. The monoisotopic (exact) mass is 255 g/mol. The largest absolute Gasteiger partial charge is 0.390 e. The maximum atomic E-state index is 10.4. The van der Waals surface area contributed by atoms with Crippen molar-refractivity contribution in [2.45, 2.75) is 50.7 Å². The topological polar surface area (TPSA) is 42.4 Å². The first-order chi connectivity index (χ1) is 8.16. The average Bonchev–Trinajstić information content (AvgIpc) is 2.83. The van der Waals surface area contributed by atoms with E-state index in [-0.39, 0.29) is 5.60 Å². The van der Waals surface area contributed by atoms with Crippen LogP contribution in [0.3, 0.4) is 0 Å². The van der Waals surface area contributed by atoms with Gasteiger partial charge >= 0.3 is 0 Å². The van der Waals surface area contributed by atoms with Crippen molar-refractivity contribution in [3.05, 3.63) is 16.6 Å². The molecule has 0 aliphatic heterocycles. The standard InChI is InChI=1S/C13H21NO2S/c1-10-3-5-13(16-2,6-4-10)12(15)7-11-8-14-9-17-11/h8-10,12,15H,3-7H2,1-2H3. The molecule has 0 aromatic carbocycles. The van der Waals surface area contributed by atoms with Crippen LogP contribution in [0.2, 0.25) is 0 Å². The zero-order valence-electron chi connectivity index (χ0n) is 10.6. The van der Waals surface area contributed by atoms with E-state index in [1.807, 2.05) is 11.7 Å². The normalized spacial score (nSPS) is 31.4. The number of aliphatic hydroxyl groups excluding tert-OH is 1. The Bertz CT molecular complexity index is 331. The second-order valence-corrected chi connectivity index (χ2v) is 6.11. The Morgan fingerprint density at radius 2 is 2.29 bits per heavy atom. The summed E-state index contributed by atoms with van der Waals surface area (Å²) in [5.74, 6) is 0.758. The summed E-state index contributed by atoms with van der Waals surface area (Å²) in [6.45, 7) is 2.27. The number of methoxy groups -OCH3 is 1. The zero-order chi connectivity index (χ0) is 12.3. The molecule has 1 atom stereocenters. The average molecular weight is 255 g/mol. The van der Waals surface area contributed by atoms with Crippen LogP contribution in [0.25, 0.3) is 0 Å². The van der Waals surface area contributed by atoms with Gasteiger partial charge in [-0.1, -0.05) is 6.92 Å². The maximum Gasteiger partial charge on any atom is 0.0940 e. The number of ether oxygens (including phenoxy) is 1. The molecule has 0 bridgehead atoms. The van der Waals surface area contributed by atoms with Gasteiger partial charge in [0, 0.05) is 24.6 Å². The van der Waals surface area contributed by atoms with Gasteiger partial charge in [0.1, 0.15) is 0 Å². The van der Waals surface area contributed by atoms with Crippen LogP contribution < -0.4 is 0 Å². The quantitative estimate of drug-likeness (QED) is 0.899. The van der Waals surface area contributed by atoms with Crippen molar-refractivity contribution < 1.29 is 9.84 Å². The van der Waals surface area contributed by atoms with Gasteiger partial charge in [-0.25, -0.2) is 0 Å². The molecule has 0 amide bonds. The molecule has 0 radical (unpaired) electrons. The van der Waals surface area contributed by atoms with Crippen molar-refractivity contribution in [1.29, 1.82) is 0 Å². The minimum absolute atomic E-state index is 0.337. The van der Waals surface area contributed by atoms with Crippen molar-refractivity contribution in [2.75, 3.05) is 7.11 Å². The summed E-state index contributed by atoms with van der Waals surface area (Å²) in [4.78, 5) is 5.18. The molecule has 1 N–H and O–H groups in total. The minimum atomic E-state index is -0.416. The molecule has 0 saturated heterocycles. The van der Waals surface area contributed by atoms with Gasteiger partial charge in [-0.2, -0.15) is 0 Å². The molecule has 1 unspecified atom stereocenters. The highest BCUT2D eigenvalue weighted by atomic mass is 32.1. The van der Waals surface area contributed by atoms with E-state index in [9.17, 15) is 5.11 Å². The number of aliphatic hydroxyl groups is 1. The molecule has 96 valence electrons. The Hall–Kier alpha value is -0.450. The predicted molar refractivity (Wildman–Crippen MR) is 69.2 cm³/mol. The number of nitrogens with zero attached hydrogens (tertiary/aromatic N) is 1. The summed E-state index contributed by atoms with van der Waals surface area (Å²) in [6, 6.07) is 0. The van der Waals surface area contributed by atoms with Crippen molar-refractivity contribution in [2.24, 2.45) is 5.92 Å². The Labute approximate surface area is 107 Å². The molecule has 2 rings (SSSR count). The third-order valence-corrected chi connectivity index (χ3v) is 4.81. The molecule has 1 aromatic rings. The van der Waals surface area contributed by atoms with Crippen LogP contribution in [-0.4, -0.2) is 28.9 Å². The first kappa shape index (κ1) is 13.0. The summed E-state index contributed by atoms with van der Waals surface area (Å²) < 4.78 is 5.67. The summed E-state index contributed by atoms with van der Waals surface area (Å²) in [5, 5.41) is 10.4. The minimum Gasteiger partial charge on any atom is -0.390 e. The maximum absolute atomic E-state index is 10.4. The van der Waals surface area contributed by atoms with Gasteiger partial charge in [0.25, 0.3) is 0 Å². The smallest absolute Gasteiger partial charge is 0.0940 e. The highest BCUT2D eigenvalue weighted by Crippen LogP contribution is 2.37. The number of hydrogen-bond donors (Lipinski definition) is 1. The fraction of sp³-hybridized carbons (Fsp3) is 0.769. The van der Waals surface area contributed by atoms with Crippen LogP contribution in [0, 0.1) is 5.92 Å². The lowest BCUT2D eigenvalue weighted by molar-refractivity contribution is -0.127.